The van der Waals surface area contributed by atoms with E-state index in [0.717, 1.165) is 15.8 Å². The predicted molar refractivity (Wildman–Crippen MR) is 90.2 cm³/mol. The van der Waals surface area contributed by atoms with Crippen molar-refractivity contribution in [2.45, 2.75) is 46.3 Å². The molecule has 1 atom stereocenters. The first kappa shape index (κ1) is 17.1. The van der Waals surface area contributed by atoms with Crippen LogP contribution in [-0.2, 0) is 4.74 Å². The highest BCUT2D eigenvalue weighted by Crippen LogP contribution is 2.38. The first-order chi connectivity index (χ1) is 10.2. The molecule has 1 amide bonds. The topological polar surface area (TPSA) is 38.8 Å². The van der Waals surface area contributed by atoms with Crippen molar-refractivity contribution in [2.24, 2.45) is 5.92 Å². The molecule has 4 nitrogen and oxygen atoms in total. The molecule has 1 aromatic carbocycles. The maximum atomic E-state index is 12.6. The minimum atomic E-state index is -0.506. The van der Waals surface area contributed by atoms with Crippen LogP contribution in [0.4, 0.5) is 4.79 Å². The van der Waals surface area contributed by atoms with Gasteiger partial charge in [-0.1, -0.05) is 35.8 Å². The van der Waals surface area contributed by atoms with Crippen LogP contribution in [-0.4, -0.2) is 29.7 Å². The van der Waals surface area contributed by atoms with Gasteiger partial charge in [0.2, 0.25) is 0 Å². The van der Waals surface area contributed by atoms with Crippen LogP contribution < -0.4 is 4.74 Å². The molecular weight excluding hydrogens is 346 g/mol. The van der Waals surface area contributed by atoms with Crippen molar-refractivity contribution in [1.82, 2.24) is 4.90 Å². The molecule has 5 heteroatoms. The number of rotatable bonds is 3. The van der Waals surface area contributed by atoms with Crippen LogP contribution >= 0.6 is 15.9 Å². The van der Waals surface area contributed by atoms with E-state index < -0.39 is 5.60 Å². The lowest BCUT2D eigenvalue weighted by molar-refractivity contribution is 0.0109. The fourth-order valence-corrected chi connectivity index (χ4v) is 2.81. The van der Waals surface area contributed by atoms with Gasteiger partial charge in [-0.15, -0.1) is 0 Å². The molecule has 0 saturated carbocycles. The lowest BCUT2D eigenvalue weighted by atomic mass is 10.1. The molecule has 0 radical (unpaired) electrons. The van der Waals surface area contributed by atoms with Crippen LogP contribution in [0.15, 0.2) is 22.7 Å². The summed E-state index contributed by atoms with van der Waals surface area (Å²) in [4.78, 5) is 14.4. The molecule has 22 heavy (non-hydrogen) atoms. The minimum absolute atomic E-state index is 0.0969. The van der Waals surface area contributed by atoms with E-state index in [1.54, 1.807) is 4.90 Å². The number of hydrogen-bond acceptors (Lipinski definition) is 3. The van der Waals surface area contributed by atoms with E-state index in [0.29, 0.717) is 19.1 Å². The first-order valence-electron chi connectivity index (χ1n) is 7.59. The van der Waals surface area contributed by atoms with Crippen molar-refractivity contribution in [3.8, 4) is 5.75 Å². The molecule has 0 N–H and O–H groups in total. The van der Waals surface area contributed by atoms with E-state index in [1.807, 2.05) is 39.0 Å². The number of nitrogens with zero attached hydrogens (tertiary/aromatic N) is 1. The van der Waals surface area contributed by atoms with Crippen LogP contribution in [0.5, 0.6) is 5.75 Å². The van der Waals surface area contributed by atoms with Gasteiger partial charge < -0.3 is 9.47 Å². The van der Waals surface area contributed by atoms with Gasteiger partial charge in [0.25, 0.3) is 0 Å². The fourth-order valence-electron chi connectivity index (χ4n) is 2.47. The van der Waals surface area contributed by atoms with Crippen LogP contribution in [0.25, 0.3) is 0 Å². The number of hydrogen-bond donors (Lipinski definition) is 0. The van der Waals surface area contributed by atoms with Gasteiger partial charge in [-0.3, -0.25) is 4.90 Å². The number of benzene rings is 1. The van der Waals surface area contributed by atoms with Gasteiger partial charge in [-0.25, -0.2) is 4.79 Å². The van der Waals surface area contributed by atoms with Gasteiger partial charge in [-0.05, 0) is 38.8 Å². The Kier molecular flexibility index (Phi) is 5.05. The van der Waals surface area contributed by atoms with Crippen molar-refractivity contribution < 1.29 is 14.3 Å². The second-order valence-corrected chi connectivity index (χ2v) is 7.95. The van der Waals surface area contributed by atoms with Gasteiger partial charge in [-0.2, -0.15) is 0 Å². The number of amides is 1. The number of fused-ring (bicyclic) bond motifs is 1. The SMILES string of the molecule is CC(C)CN(C(=O)OC(C)(C)C)C1COc2cc(Br)ccc21. The molecule has 1 heterocycles. The van der Waals surface area contributed by atoms with Crippen LogP contribution in [0.1, 0.15) is 46.2 Å². The van der Waals surface area contributed by atoms with Crippen LogP contribution in [0.2, 0.25) is 0 Å². The van der Waals surface area contributed by atoms with Gasteiger partial charge in [0, 0.05) is 16.6 Å². The van der Waals surface area contributed by atoms with E-state index >= 15 is 0 Å². The number of ether oxygens (including phenoxy) is 2. The molecule has 2 rings (SSSR count). The number of halogens is 1. The third-order valence-corrected chi connectivity index (χ3v) is 3.79. The van der Waals surface area contributed by atoms with E-state index in [1.165, 1.54) is 0 Å². The zero-order chi connectivity index (χ0) is 16.5. The smallest absolute Gasteiger partial charge is 0.410 e. The Morgan fingerprint density at radius 2 is 2.14 bits per heavy atom. The first-order valence-corrected chi connectivity index (χ1v) is 8.38. The van der Waals surface area contributed by atoms with Crippen LogP contribution in [0.3, 0.4) is 0 Å². The molecule has 0 spiro atoms. The van der Waals surface area contributed by atoms with Crippen molar-refractivity contribution in [3.05, 3.63) is 28.2 Å². The van der Waals surface area contributed by atoms with Gasteiger partial charge in [0.1, 0.15) is 18.0 Å². The number of carbonyl (C=O) groups is 1. The van der Waals surface area contributed by atoms with Gasteiger partial charge in [0.05, 0.1) is 6.04 Å². The average Bonchev–Trinajstić information content (AvgIpc) is 2.76. The minimum Gasteiger partial charge on any atom is -0.491 e. The zero-order valence-electron chi connectivity index (χ0n) is 13.9. The Balaban J connectivity index is 2.26. The molecule has 1 aliphatic heterocycles. The summed E-state index contributed by atoms with van der Waals surface area (Å²) in [5.41, 5.74) is 0.531. The maximum Gasteiger partial charge on any atom is 0.410 e. The second-order valence-electron chi connectivity index (χ2n) is 7.04. The van der Waals surface area contributed by atoms with Crippen LogP contribution in [0, 0.1) is 5.92 Å². The van der Waals surface area contributed by atoms with Crippen molar-refractivity contribution in [3.63, 3.8) is 0 Å². The summed E-state index contributed by atoms with van der Waals surface area (Å²) in [7, 11) is 0. The van der Waals surface area contributed by atoms with E-state index in [2.05, 4.69) is 29.8 Å². The Hall–Kier alpha value is -1.23. The summed E-state index contributed by atoms with van der Waals surface area (Å²) < 4.78 is 12.3. The monoisotopic (exact) mass is 369 g/mol. The van der Waals surface area contributed by atoms with Crippen molar-refractivity contribution in [1.29, 1.82) is 0 Å². The Labute approximate surface area is 140 Å². The standard InChI is InChI=1S/C17H24BrNO3/c1-11(2)9-19(16(20)22-17(3,4)5)14-10-21-15-8-12(18)6-7-13(14)15/h6-8,11,14H,9-10H2,1-5H3. The van der Waals surface area contributed by atoms with Crippen molar-refractivity contribution in [2.75, 3.05) is 13.2 Å². The quantitative estimate of drug-likeness (QED) is 0.769. The third kappa shape index (κ3) is 4.15. The highest BCUT2D eigenvalue weighted by Gasteiger charge is 2.35. The lowest BCUT2D eigenvalue weighted by Gasteiger charge is -2.32. The van der Waals surface area contributed by atoms with Crippen molar-refractivity contribution >= 4 is 22.0 Å². The molecule has 0 aromatic heterocycles. The zero-order valence-corrected chi connectivity index (χ0v) is 15.4. The molecule has 0 aliphatic carbocycles. The summed E-state index contributed by atoms with van der Waals surface area (Å²) >= 11 is 3.45. The van der Waals surface area contributed by atoms with Gasteiger partial charge >= 0.3 is 6.09 Å². The van der Waals surface area contributed by atoms with Gasteiger partial charge in [0.15, 0.2) is 0 Å². The Morgan fingerprint density at radius 1 is 1.45 bits per heavy atom. The molecule has 1 unspecified atom stereocenters. The summed E-state index contributed by atoms with van der Waals surface area (Å²) in [6.07, 6.45) is -0.287. The summed E-state index contributed by atoms with van der Waals surface area (Å²) in [6.45, 7) is 10.9. The summed E-state index contributed by atoms with van der Waals surface area (Å²) in [6, 6.07) is 5.83. The molecule has 0 fully saturated rings. The normalized spacial score (nSPS) is 17.1. The summed E-state index contributed by atoms with van der Waals surface area (Å²) in [5, 5.41) is 0. The fraction of sp³-hybridized carbons (Fsp3) is 0.588. The molecule has 0 bridgehead atoms. The maximum absolute atomic E-state index is 12.6. The number of carbonyl (C=O) groups excluding carboxylic acids is 1. The molecule has 0 saturated heterocycles. The second kappa shape index (κ2) is 6.49. The Morgan fingerprint density at radius 3 is 2.73 bits per heavy atom. The highest BCUT2D eigenvalue weighted by atomic mass is 79.9. The summed E-state index contributed by atoms with van der Waals surface area (Å²) in [5.74, 6) is 1.18. The molecular formula is C17H24BrNO3. The molecule has 122 valence electrons. The largest absolute Gasteiger partial charge is 0.491 e. The molecule has 1 aliphatic rings. The van der Waals surface area contributed by atoms with E-state index in [4.69, 9.17) is 9.47 Å². The Bertz CT molecular complexity index is 551. The van der Waals surface area contributed by atoms with E-state index in [9.17, 15) is 4.79 Å². The predicted octanol–water partition coefficient (Wildman–Crippen LogP) is 4.78. The molecule has 1 aromatic rings. The van der Waals surface area contributed by atoms with E-state index in [-0.39, 0.29) is 12.1 Å². The average molecular weight is 370 g/mol. The lowest BCUT2D eigenvalue weighted by Crippen LogP contribution is -2.41. The third-order valence-electron chi connectivity index (χ3n) is 3.30. The highest BCUT2D eigenvalue weighted by molar-refractivity contribution is 9.10.